The molecule has 0 bridgehead atoms. The Morgan fingerprint density at radius 3 is 1.55 bits per heavy atom. The van der Waals surface area contributed by atoms with Gasteiger partial charge >= 0.3 is 12.4 Å². The predicted octanol–water partition coefficient (Wildman–Crippen LogP) is 8.52. The molecule has 0 heterocycles. The van der Waals surface area contributed by atoms with Gasteiger partial charge in [-0.05, 0) is 52.9 Å². The second-order valence-electron chi connectivity index (χ2n) is 9.59. The first-order valence-electron chi connectivity index (χ1n) is 12.7. The fourth-order valence-electron chi connectivity index (χ4n) is 4.94. The van der Waals surface area contributed by atoms with Crippen LogP contribution in [0.5, 0.6) is 0 Å². The van der Waals surface area contributed by atoms with Gasteiger partial charge in [-0.25, -0.2) is 0 Å². The number of carbonyl (C=O) groups is 1. The number of hydrogen-bond donors (Lipinski definition) is 1. The molecule has 0 aliphatic rings. The maximum absolute atomic E-state index is 13.9. The van der Waals surface area contributed by atoms with E-state index in [0.717, 1.165) is 24.3 Å². The lowest BCUT2D eigenvalue weighted by atomic mass is 9.76. The molecule has 1 amide bonds. The van der Waals surface area contributed by atoms with Gasteiger partial charge in [0.2, 0.25) is 5.91 Å². The van der Waals surface area contributed by atoms with Crippen LogP contribution < -0.4 is 5.32 Å². The third-order valence-electron chi connectivity index (χ3n) is 6.94. The number of amides is 1. The van der Waals surface area contributed by atoms with Crippen LogP contribution in [0.4, 0.5) is 26.3 Å². The van der Waals surface area contributed by atoms with Gasteiger partial charge in [0.05, 0.1) is 22.6 Å². The topological polar surface area (TPSA) is 29.1 Å². The zero-order valence-electron chi connectivity index (χ0n) is 21.6. The molecule has 1 atom stereocenters. The van der Waals surface area contributed by atoms with Crippen LogP contribution in [0.1, 0.15) is 52.6 Å². The van der Waals surface area contributed by atoms with E-state index in [1.807, 2.05) is 0 Å². The van der Waals surface area contributed by atoms with Gasteiger partial charge in [0.25, 0.3) is 0 Å². The van der Waals surface area contributed by atoms with Gasteiger partial charge in [-0.15, -0.1) is 0 Å². The molecule has 2 nitrogen and oxygen atoms in total. The minimum atomic E-state index is -4.71. The molecule has 1 N–H and O–H groups in total. The summed E-state index contributed by atoms with van der Waals surface area (Å²) in [6, 6.07) is 26.3. The minimum absolute atomic E-state index is 0.0155. The van der Waals surface area contributed by atoms with Gasteiger partial charge in [-0.1, -0.05) is 91.9 Å². The summed E-state index contributed by atoms with van der Waals surface area (Å²) in [5, 5.41) is 2.94. The van der Waals surface area contributed by atoms with E-state index < -0.39 is 40.8 Å². The Labute approximate surface area is 228 Å². The number of halogens is 6. The molecule has 1 unspecified atom stereocenters. The number of carbonyl (C=O) groups excluding carboxylic acids is 1. The van der Waals surface area contributed by atoms with Crippen molar-refractivity contribution in [2.24, 2.45) is 0 Å². The molecule has 8 heteroatoms. The van der Waals surface area contributed by atoms with Crippen LogP contribution in [-0.2, 0) is 29.1 Å². The molecule has 0 aliphatic carbocycles. The van der Waals surface area contributed by atoms with Gasteiger partial charge in [-0.2, -0.15) is 26.3 Å². The molecule has 4 aromatic rings. The quantitative estimate of drug-likeness (QED) is 0.217. The smallest absolute Gasteiger partial charge is 0.342 e. The van der Waals surface area contributed by atoms with Crippen molar-refractivity contribution in [3.8, 4) is 0 Å². The molecule has 4 rings (SSSR count). The number of rotatable bonds is 8. The molecule has 0 spiro atoms. The highest BCUT2D eigenvalue weighted by molar-refractivity contribution is 5.85. The van der Waals surface area contributed by atoms with Gasteiger partial charge in [-0.3, -0.25) is 4.79 Å². The molecule has 0 fully saturated rings. The Balaban J connectivity index is 1.98. The summed E-state index contributed by atoms with van der Waals surface area (Å²) < 4.78 is 83.0. The summed E-state index contributed by atoms with van der Waals surface area (Å²) >= 11 is 0. The van der Waals surface area contributed by atoms with Gasteiger partial charge < -0.3 is 5.32 Å². The molecular formula is C32H27F6NO. The normalized spacial score (nSPS) is 13.1. The molecule has 0 radical (unpaired) electrons. The van der Waals surface area contributed by atoms with Gasteiger partial charge in [0.15, 0.2) is 0 Å². The average Bonchev–Trinajstić information content (AvgIpc) is 2.93. The van der Waals surface area contributed by atoms with Crippen LogP contribution in [-0.4, -0.2) is 5.91 Å². The van der Waals surface area contributed by atoms with Crippen molar-refractivity contribution in [2.75, 3.05) is 0 Å². The summed E-state index contributed by atoms with van der Waals surface area (Å²) in [4.78, 5) is 13.9. The first-order valence-corrected chi connectivity index (χ1v) is 12.7. The van der Waals surface area contributed by atoms with Crippen LogP contribution in [0, 0.1) is 0 Å². The van der Waals surface area contributed by atoms with Crippen molar-refractivity contribution in [3.63, 3.8) is 0 Å². The number of nitrogens with one attached hydrogen (secondary N) is 1. The van der Waals surface area contributed by atoms with Crippen molar-refractivity contribution >= 4 is 5.91 Å². The molecule has 0 saturated carbocycles. The molecule has 0 aliphatic heterocycles. The van der Waals surface area contributed by atoms with Crippen molar-refractivity contribution < 1.29 is 31.1 Å². The Hall–Kier alpha value is -4.07. The fourth-order valence-corrected chi connectivity index (χ4v) is 4.94. The van der Waals surface area contributed by atoms with E-state index in [1.165, 1.54) is 24.3 Å². The van der Waals surface area contributed by atoms with E-state index in [4.69, 9.17) is 0 Å². The predicted molar refractivity (Wildman–Crippen MR) is 141 cm³/mol. The van der Waals surface area contributed by atoms with E-state index in [2.05, 4.69) is 5.32 Å². The lowest BCUT2D eigenvalue weighted by molar-refractivity contribution is -0.138. The summed E-state index contributed by atoms with van der Waals surface area (Å²) in [6.07, 6.45) is -9.14. The highest BCUT2D eigenvalue weighted by Gasteiger charge is 2.41. The second kappa shape index (κ2) is 11.6. The standard InChI is InChI=1S/C32H27F6NO/c1-2-28(23-13-7-4-8-14-23)29(40)39-30(21-22-11-5-3-6-12-22,24-15-9-17-26(19-24)31(33,34)35)25-16-10-18-27(20-25)32(36,37)38/h3-20,28H,2,21H2,1H3,(H,39,40). The van der Waals surface area contributed by atoms with E-state index in [1.54, 1.807) is 67.6 Å². The Morgan fingerprint density at radius 2 is 1.10 bits per heavy atom. The van der Waals surface area contributed by atoms with Gasteiger partial charge in [0.1, 0.15) is 0 Å². The summed E-state index contributed by atoms with van der Waals surface area (Å²) in [7, 11) is 0. The zero-order chi connectivity index (χ0) is 29.0. The van der Waals surface area contributed by atoms with Crippen LogP contribution in [0.25, 0.3) is 0 Å². The van der Waals surface area contributed by atoms with Gasteiger partial charge in [0, 0.05) is 6.42 Å². The van der Waals surface area contributed by atoms with E-state index in [-0.39, 0.29) is 17.5 Å². The highest BCUT2D eigenvalue weighted by atomic mass is 19.4. The lowest BCUT2D eigenvalue weighted by Gasteiger charge is -2.38. The number of benzene rings is 4. The monoisotopic (exact) mass is 555 g/mol. The molecule has 40 heavy (non-hydrogen) atoms. The number of hydrogen-bond acceptors (Lipinski definition) is 1. The van der Waals surface area contributed by atoms with Crippen molar-refractivity contribution in [3.05, 3.63) is 143 Å². The fraction of sp³-hybridized carbons (Fsp3) is 0.219. The Bertz CT molecular complexity index is 1370. The summed E-state index contributed by atoms with van der Waals surface area (Å²) in [5.74, 6) is -1.20. The van der Waals surface area contributed by atoms with Crippen molar-refractivity contribution in [1.29, 1.82) is 0 Å². The highest BCUT2D eigenvalue weighted by Crippen LogP contribution is 2.40. The molecule has 208 valence electrons. The van der Waals surface area contributed by atoms with E-state index >= 15 is 0 Å². The van der Waals surface area contributed by atoms with Crippen LogP contribution in [0.3, 0.4) is 0 Å². The van der Waals surface area contributed by atoms with Crippen LogP contribution in [0.2, 0.25) is 0 Å². The molecular weight excluding hydrogens is 528 g/mol. The maximum Gasteiger partial charge on any atom is 0.416 e. The van der Waals surface area contributed by atoms with Crippen molar-refractivity contribution in [2.45, 2.75) is 43.6 Å². The van der Waals surface area contributed by atoms with Crippen LogP contribution >= 0.6 is 0 Å². The second-order valence-corrected chi connectivity index (χ2v) is 9.59. The third-order valence-corrected chi connectivity index (χ3v) is 6.94. The SMILES string of the molecule is CCC(C(=O)NC(Cc1ccccc1)(c1cccc(C(F)(F)F)c1)c1cccc(C(F)(F)F)c1)c1ccccc1. The molecule has 0 saturated heterocycles. The number of alkyl halides is 6. The Morgan fingerprint density at radius 1 is 0.650 bits per heavy atom. The lowest BCUT2D eigenvalue weighted by Crippen LogP contribution is -2.50. The van der Waals surface area contributed by atoms with E-state index in [0.29, 0.717) is 17.5 Å². The molecule has 4 aromatic carbocycles. The van der Waals surface area contributed by atoms with Crippen LogP contribution in [0.15, 0.2) is 109 Å². The first-order chi connectivity index (χ1) is 18.9. The third kappa shape index (κ3) is 6.38. The van der Waals surface area contributed by atoms with Crippen molar-refractivity contribution in [1.82, 2.24) is 5.32 Å². The molecule has 0 aromatic heterocycles. The average molecular weight is 556 g/mol. The largest absolute Gasteiger partial charge is 0.416 e. The maximum atomic E-state index is 13.9. The summed E-state index contributed by atoms with van der Waals surface area (Å²) in [5.41, 5.74) is -2.38. The first kappa shape index (κ1) is 28.9. The Kier molecular flexibility index (Phi) is 8.37. The zero-order valence-corrected chi connectivity index (χ0v) is 21.6. The summed E-state index contributed by atoms with van der Waals surface area (Å²) in [6.45, 7) is 1.80. The van der Waals surface area contributed by atoms with E-state index in [9.17, 15) is 31.1 Å². The minimum Gasteiger partial charge on any atom is -0.342 e.